The number of anilines is 1. The van der Waals surface area contributed by atoms with Gasteiger partial charge in [0.25, 0.3) is 5.91 Å². The minimum atomic E-state index is -3.49. The van der Waals surface area contributed by atoms with Crippen molar-refractivity contribution in [3.8, 4) is 5.75 Å². The van der Waals surface area contributed by atoms with Crippen LogP contribution in [0.4, 0.5) is 5.69 Å². The molecule has 8 heteroatoms. The van der Waals surface area contributed by atoms with Crippen molar-refractivity contribution >= 4 is 33.2 Å². The largest absolute Gasteiger partial charge is 0.496 e. The van der Waals surface area contributed by atoms with Crippen molar-refractivity contribution in [1.29, 1.82) is 0 Å². The van der Waals surface area contributed by atoms with Gasteiger partial charge >= 0.3 is 0 Å². The molecule has 3 N–H and O–H groups in total. The third-order valence-electron chi connectivity index (χ3n) is 1.85. The molecule has 0 saturated carbocycles. The van der Waals surface area contributed by atoms with Crippen LogP contribution in [0.15, 0.2) is 12.1 Å². The third-order valence-corrected chi connectivity index (χ3v) is 2.75. The zero-order valence-corrected chi connectivity index (χ0v) is 10.7. The van der Waals surface area contributed by atoms with E-state index < -0.39 is 15.9 Å². The third kappa shape index (κ3) is 3.50. The lowest BCUT2D eigenvalue weighted by molar-refractivity contribution is 0.0997. The van der Waals surface area contributed by atoms with Crippen LogP contribution in [-0.2, 0) is 10.0 Å². The summed E-state index contributed by atoms with van der Waals surface area (Å²) in [6.45, 7) is 0. The van der Waals surface area contributed by atoms with E-state index in [-0.39, 0.29) is 22.0 Å². The van der Waals surface area contributed by atoms with Crippen molar-refractivity contribution in [2.24, 2.45) is 5.73 Å². The first-order valence-corrected chi connectivity index (χ1v) is 6.66. The number of rotatable bonds is 4. The van der Waals surface area contributed by atoms with E-state index in [1.807, 2.05) is 0 Å². The molecule has 0 aliphatic carbocycles. The van der Waals surface area contributed by atoms with Crippen molar-refractivity contribution in [2.75, 3.05) is 18.1 Å². The molecule has 0 radical (unpaired) electrons. The Labute approximate surface area is 104 Å². The number of amides is 1. The summed E-state index contributed by atoms with van der Waals surface area (Å²) in [5.74, 6) is -0.559. The summed E-state index contributed by atoms with van der Waals surface area (Å²) in [5.41, 5.74) is 5.25. The Bertz CT molecular complexity index is 556. The summed E-state index contributed by atoms with van der Waals surface area (Å²) in [5, 5.41) is 0.109. The van der Waals surface area contributed by atoms with E-state index in [0.717, 1.165) is 6.26 Å². The predicted octanol–water partition coefficient (Wildman–Crippen LogP) is 0.819. The van der Waals surface area contributed by atoms with Gasteiger partial charge in [-0.3, -0.25) is 9.52 Å². The van der Waals surface area contributed by atoms with E-state index in [1.54, 1.807) is 0 Å². The van der Waals surface area contributed by atoms with Gasteiger partial charge in [0.2, 0.25) is 10.0 Å². The highest BCUT2D eigenvalue weighted by atomic mass is 35.5. The van der Waals surface area contributed by atoms with Gasteiger partial charge in [-0.2, -0.15) is 0 Å². The lowest BCUT2D eigenvalue weighted by atomic mass is 10.1. The van der Waals surface area contributed by atoms with Crippen molar-refractivity contribution < 1.29 is 17.9 Å². The number of benzene rings is 1. The summed E-state index contributed by atoms with van der Waals surface area (Å²) in [4.78, 5) is 11.1. The molecule has 0 atom stereocenters. The molecule has 0 saturated heterocycles. The number of methoxy groups -OCH3 is 1. The number of nitrogens with one attached hydrogen (secondary N) is 1. The zero-order chi connectivity index (χ0) is 13.2. The van der Waals surface area contributed by atoms with Crippen LogP contribution < -0.4 is 15.2 Å². The first-order chi connectivity index (χ1) is 7.74. The fourth-order valence-corrected chi connectivity index (χ4v) is 2.02. The minimum Gasteiger partial charge on any atom is -0.496 e. The normalized spacial score (nSPS) is 11.0. The van der Waals surface area contributed by atoms with Gasteiger partial charge < -0.3 is 10.5 Å². The SMILES string of the molecule is COc1cc(Cl)c(NS(C)(=O)=O)cc1C(N)=O. The van der Waals surface area contributed by atoms with Gasteiger partial charge in [0.15, 0.2) is 0 Å². The quantitative estimate of drug-likeness (QED) is 0.852. The summed E-state index contributed by atoms with van der Waals surface area (Å²) in [6, 6.07) is 2.54. The molecule has 94 valence electrons. The Kier molecular flexibility index (Phi) is 3.84. The Hall–Kier alpha value is -1.47. The molecular weight excluding hydrogens is 268 g/mol. The second-order valence-electron chi connectivity index (χ2n) is 3.27. The molecule has 1 aromatic rings. The maximum absolute atomic E-state index is 11.1. The van der Waals surface area contributed by atoms with Crippen LogP contribution in [0.2, 0.25) is 5.02 Å². The van der Waals surface area contributed by atoms with Gasteiger partial charge in [-0.05, 0) is 6.07 Å². The number of halogens is 1. The average Bonchev–Trinajstić information content (AvgIpc) is 2.18. The molecule has 0 heterocycles. The maximum atomic E-state index is 11.1. The van der Waals surface area contributed by atoms with E-state index in [9.17, 15) is 13.2 Å². The molecule has 0 aromatic heterocycles. The smallest absolute Gasteiger partial charge is 0.252 e. The predicted molar refractivity (Wildman–Crippen MR) is 65.0 cm³/mol. The van der Waals surface area contributed by atoms with Crippen LogP contribution in [0.25, 0.3) is 0 Å². The number of primary amides is 1. The highest BCUT2D eigenvalue weighted by Crippen LogP contribution is 2.31. The van der Waals surface area contributed by atoms with Crippen molar-refractivity contribution in [2.45, 2.75) is 0 Å². The molecule has 0 aliphatic rings. The van der Waals surface area contributed by atoms with Gasteiger partial charge in [-0.15, -0.1) is 0 Å². The summed E-state index contributed by atoms with van der Waals surface area (Å²) < 4.78 is 29.2. The monoisotopic (exact) mass is 278 g/mol. The molecule has 0 bridgehead atoms. The summed E-state index contributed by atoms with van der Waals surface area (Å²) >= 11 is 5.83. The van der Waals surface area contributed by atoms with Gasteiger partial charge in [0.1, 0.15) is 5.75 Å². The number of nitrogens with two attached hydrogens (primary N) is 1. The highest BCUT2D eigenvalue weighted by Gasteiger charge is 2.15. The van der Waals surface area contributed by atoms with Crippen molar-refractivity contribution in [3.63, 3.8) is 0 Å². The number of hydrogen-bond acceptors (Lipinski definition) is 4. The lowest BCUT2D eigenvalue weighted by Crippen LogP contribution is -2.15. The fourth-order valence-electron chi connectivity index (χ4n) is 1.19. The molecule has 6 nitrogen and oxygen atoms in total. The molecule has 0 spiro atoms. The number of sulfonamides is 1. The van der Waals surface area contributed by atoms with Gasteiger partial charge in [0.05, 0.1) is 29.6 Å². The van der Waals surface area contributed by atoms with E-state index in [1.165, 1.54) is 19.2 Å². The second-order valence-corrected chi connectivity index (χ2v) is 5.43. The van der Waals surface area contributed by atoms with E-state index in [2.05, 4.69) is 4.72 Å². The molecule has 0 fully saturated rings. The maximum Gasteiger partial charge on any atom is 0.252 e. The van der Waals surface area contributed by atoms with Gasteiger partial charge in [-0.1, -0.05) is 11.6 Å². The number of ether oxygens (including phenoxy) is 1. The lowest BCUT2D eigenvalue weighted by Gasteiger charge is -2.11. The van der Waals surface area contributed by atoms with Crippen molar-refractivity contribution in [3.05, 3.63) is 22.7 Å². The van der Waals surface area contributed by atoms with Crippen LogP contribution in [-0.4, -0.2) is 27.7 Å². The van der Waals surface area contributed by atoms with Crippen LogP contribution >= 0.6 is 11.6 Å². The van der Waals surface area contributed by atoms with Crippen LogP contribution in [0, 0.1) is 0 Å². The molecular formula is C9H11ClN2O4S. The van der Waals surface area contributed by atoms with E-state index in [0.29, 0.717) is 0 Å². The Morgan fingerprint density at radius 1 is 1.47 bits per heavy atom. The molecule has 17 heavy (non-hydrogen) atoms. The average molecular weight is 279 g/mol. The van der Waals surface area contributed by atoms with Gasteiger partial charge in [0, 0.05) is 6.07 Å². The zero-order valence-electron chi connectivity index (χ0n) is 9.15. The molecule has 0 aliphatic heterocycles. The summed E-state index contributed by atoms with van der Waals surface area (Å²) in [7, 11) is -2.14. The number of carbonyl (C=O) groups is 1. The molecule has 1 amide bonds. The Morgan fingerprint density at radius 2 is 2.06 bits per heavy atom. The first-order valence-electron chi connectivity index (χ1n) is 4.39. The first kappa shape index (κ1) is 13.6. The highest BCUT2D eigenvalue weighted by molar-refractivity contribution is 7.92. The van der Waals surface area contributed by atoms with Crippen LogP contribution in [0.3, 0.4) is 0 Å². The van der Waals surface area contributed by atoms with E-state index in [4.69, 9.17) is 22.1 Å². The van der Waals surface area contributed by atoms with Gasteiger partial charge in [-0.25, -0.2) is 8.42 Å². The standard InChI is InChI=1S/C9H11ClN2O4S/c1-16-8-4-6(10)7(12-17(2,14)15)3-5(8)9(11)13/h3-4,12H,1-2H3,(H2,11,13). The van der Waals surface area contributed by atoms with Crippen molar-refractivity contribution in [1.82, 2.24) is 0 Å². The van der Waals surface area contributed by atoms with E-state index >= 15 is 0 Å². The van der Waals surface area contributed by atoms with Crippen LogP contribution in [0.1, 0.15) is 10.4 Å². The topological polar surface area (TPSA) is 98.5 Å². The number of carbonyl (C=O) groups excluding carboxylic acids is 1. The molecule has 1 rings (SSSR count). The fraction of sp³-hybridized carbons (Fsp3) is 0.222. The second kappa shape index (κ2) is 4.80. The Morgan fingerprint density at radius 3 is 2.47 bits per heavy atom. The summed E-state index contributed by atoms with van der Waals surface area (Å²) in [6.07, 6.45) is 0.970. The molecule has 0 unspecified atom stereocenters. The number of hydrogen-bond donors (Lipinski definition) is 2. The Balaban J connectivity index is 3.34. The molecule has 1 aromatic carbocycles. The minimum absolute atomic E-state index is 0.0445. The van der Waals surface area contributed by atoms with Crippen LogP contribution in [0.5, 0.6) is 5.75 Å².